The van der Waals surface area contributed by atoms with Gasteiger partial charge < -0.3 is 5.73 Å². The molecule has 1 aromatic carbocycles. The molecule has 0 bridgehead atoms. The van der Waals surface area contributed by atoms with E-state index in [4.69, 9.17) is 5.73 Å². The van der Waals surface area contributed by atoms with Crippen LogP contribution in [0.3, 0.4) is 0 Å². The fourth-order valence-corrected chi connectivity index (χ4v) is 4.98. The largest absolute Gasteiger partial charge is 0.327 e. The van der Waals surface area contributed by atoms with E-state index >= 15 is 0 Å². The van der Waals surface area contributed by atoms with Crippen molar-refractivity contribution in [2.24, 2.45) is 11.7 Å². The smallest absolute Gasteiger partial charge is 0.0507 e. The molecule has 1 aliphatic carbocycles. The van der Waals surface area contributed by atoms with Crippen molar-refractivity contribution in [3.8, 4) is 0 Å². The van der Waals surface area contributed by atoms with Crippen molar-refractivity contribution in [1.82, 2.24) is 0 Å². The highest BCUT2D eigenvalue weighted by Gasteiger charge is 2.35. The summed E-state index contributed by atoms with van der Waals surface area (Å²) in [6.07, 6.45) is 3.07. The fraction of sp³-hybridized carbons (Fsp3) is 0.647. The molecule has 1 fully saturated rings. The summed E-state index contributed by atoms with van der Waals surface area (Å²) >= 11 is 0. The van der Waals surface area contributed by atoms with E-state index in [0.717, 1.165) is 19.3 Å². The predicted octanol–water partition coefficient (Wildman–Crippen LogP) is 3.44. The Morgan fingerprint density at radius 2 is 1.80 bits per heavy atom. The monoisotopic (exact) mass is 293 g/mol. The van der Waals surface area contributed by atoms with Crippen LogP contribution in [0.1, 0.15) is 51.5 Å². The molecule has 20 heavy (non-hydrogen) atoms. The molecule has 3 heteroatoms. The molecule has 2 N–H and O–H groups in total. The maximum Gasteiger partial charge on any atom is 0.0507 e. The van der Waals surface area contributed by atoms with Crippen molar-refractivity contribution in [3.63, 3.8) is 0 Å². The third-order valence-corrected chi connectivity index (χ3v) is 7.13. The minimum absolute atomic E-state index is 0.0944. The molecule has 2 rings (SSSR count). The average Bonchev–Trinajstić information content (AvgIpc) is 2.47. The van der Waals surface area contributed by atoms with Crippen LogP contribution >= 0.6 is 0 Å². The van der Waals surface area contributed by atoms with Crippen LogP contribution < -0.4 is 5.73 Å². The lowest BCUT2D eigenvalue weighted by Gasteiger charge is -2.35. The maximum absolute atomic E-state index is 12.8. The van der Waals surface area contributed by atoms with Gasteiger partial charge in [0.15, 0.2) is 0 Å². The van der Waals surface area contributed by atoms with Gasteiger partial charge in [-0.1, -0.05) is 51.1 Å². The first-order valence-electron chi connectivity index (χ1n) is 7.70. The third-order valence-electron chi connectivity index (χ3n) is 4.72. The van der Waals surface area contributed by atoms with Gasteiger partial charge in [0.1, 0.15) is 0 Å². The lowest BCUT2D eigenvalue weighted by Crippen LogP contribution is -2.45. The fourth-order valence-electron chi connectivity index (χ4n) is 2.99. The topological polar surface area (TPSA) is 43.1 Å². The Hall–Kier alpha value is -0.670. The van der Waals surface area contributed by atoms with Gasteiger partial charge in [0, 0.05) is 22.1 Å². The van der Waals surface area contributed by atoms with Crippen LogP contribution in [-0.4, -0.2) is 20.8 Å². The number of benzene rings is 1. The SMILES string of the molecule is CC(C)C(C)S(=O)C1CC(c2ccccc2)CCC1N. The molecule has 5 unspecified atom stereocenters. The summed E-state index contributed by atoms with van der Waals surface area (Å²) in [4.78, 5) is 0. The molecule has 2 nitrogen and oxygen atoms in total. The first kappa shape index (κ1) is 15.7. The standard InChI is InChI=1S/C17H27NOS/c1-12(2)13(3)20(19)17-11-15(9-10-16(17)18)14-7-5-4-6-8-14/h4-8,12-13,15-17H,9-11,18H2,1-3H3. The quantitative estimate of drug-likeness (QED) is 0.924. The van der Waals surface area contributed by atoms with Crippen molar-refractivity contribution < 1.29 is 4.21 Å². The van der Waals surface area contributed by atoms with Crippen molar-refractivity contribution in [1.29, 1.82) is 0 Å². The van der Waals surface area contributed by atoms with Gasteiger partial charge in [-0.25, -0.2) is 0 Å². The van der Waals surface area contributed by atoms with Gasteiger partial charge in [0.25, 0.3) is 0 Å². The summed E-state index contributed by atoms with van der Waals surface area (Å²) in [6.45, 7) is 6.39. The van der Waals surface area contributed by atoms with Gasteiger partial charge in [0.2, 0.25) is 0 Å². The molecule has 1 aliphatic rings. The van der Waals surface area contributed by atoms with Crippen molar-refractivity contribution >= 4 is 10.8 Å². The lowest BCUT2D eigenvalue weighted by atomic mass is 9.82. The molecule has 0 amide bonds. The normalized spacial score (nSPS) is 30.1. The summed E-state index contributed by atoms with van der Waals surface area (Å²) in [5, 5.41) is 0.368. The second kappa shape index (κ2) is 6.86. The summed E-state index contributed by atoms with van der Waals surface area (Å²) in [7, 11) is -0.831. The molecule has 5 atom stereocenters. The van der Waals surface area contributed by atoms with Gasteiger partial charge in [-0.05, 0) is 36.7 Å². The number of rotatable bonds is 4. The van der Waals surface area contributed by atoms with Crippen molar-refractivity contribution in [2.45, 2.75) is 62.5 Å². The van der Waals surface area contributed by atoms with Gasteiger partial charge in [0.05, 0.1) is 5.25 Å². The van der Waals surface area contributed by atoms with E-state index < -0.39 is 10.8 Å². The molecule has 0 radical (unpaired) electrons. The Morgan fingerprint density at radius 1 is 1.15 bits per heavy atom. The Bertz CT molecular complexity index is 446. The zero-order valence-electron chi connectivity index (χ0n) is 12.8. The molecule has 1 aromatic rings. The molecular weight excluding hydrogens is 266 g/mol. The number of hydrogen-bond acceptors (Lipinski definition) is 2. The maximum atomic E-state index is 12.8. The van der Waals surface area contributed by atoms with Crippen LogP contribution in [0.5, 0.6) is 0 Å². The number of hydrogen-bond donors (Lipinski definition) is 1. The Morgan fingerprint density at radius 3 is 2.40 bits per heavy atom. The molecule has 112 valence electrons. The molecule has 0 spiro atoms. The van der Waals surface area contributed by atoms with Gasteiger partial charge in [-0.3, -0.25) is 4.21 Å². The van der Waals surface area contributed by atoms with E-state index in [2.05, 4.69) is 51.1 Å². The van der Waals surface area contributed by atoms with Crippen molar-refractivity contribution in [2.75, 3.05) is 0 Å². The average molecular weight is 293 g/mol. The van der Waals surface area contributed by atoms with E-state index in [-0.39, 0.29) is 16.5 Å². The zero-order valence-corrected chi connectivity index (χ0v) is 13.6. The van der Waals surface area contributed by atoms with Gasteiger partial charge in [-0.15, -0.1) is 0 Å². The highest BCUT2D eigenvalue weighted by Crippen LogP contribution is 2.35. The minimum atomic E-state index is -0.831. The molecule has 0 aromatic heterocycles. The highest BCUT2D eigenvalue weighted by atomic mass is 32.2. The van der Waals surface area contributed by atoms with Crippen LogP contribution in [-0.2, 0) is 10.8 Å². The molecule has 0 heterocycles. The van der Waals surface area contributed by atoms with Crippen LogP contribution in [0.15, 0.2) is 30.3 Å². The second-order valence-electron chi connectivity index (χ2n) is 6.40. The Kier molecular flexibility index (Phi) is 5.39. The third kappa shape index (κ3) is 3.50. The van der Waals surface area contributed by atoms with Crippen molar-refractivity contribution in [3.05, 3.63) is 35.9 Å². The van der Waals surface area contributed by atoms with E-state index in [1.54, 1.807) is 0 Å². The summed E-state index contributed by atoms with van der Waals surface area (Å²) in [5.74, 6) is 0.962. The van der Waals surface area contributed by atoms with Gasteiger partial charge in [-0.2, -0.15) is 0 Å². The molecular formula is C17H27NOS. The second-order valence-corrected chi connectivity index (χ2v) is 8.41. The van der Waals surface area contributed by atoms with Crippen LogP contribution in [0, 0.1) is 5.92 Å². The lowest BCUT2D eigenvalue weighted by molar-refractivity contribution is 0.397. The summed E-state index contributed by atoms with van der Waals surface area (Å²) in [6, 6.07) is 10.7. The van der Waals surface area contributed by atoms with E-state index in [1.165, 1.54) is 5.56 Å². The summed E-state index contributed by atoms with van der Waals surface area (Å²) in [5.41, 5.74) is 7.64. The van der Waals surface area contributed by atoms with Crippen LogP contribution in [0.2, 0.25) is 0 Å². The molecule has 0 saturated heterocycles. The molecule has 0 aliphatic heterocycles. The summed E-state index contributed by atoms with van der Waals surface area (Å²) < 4.78 is 12.8. The first-order valence-corrected chi connectivity index (χ1v) is 8.98. The Labute approximate surface area is 125 Å². The van der Waals surface area contributed by atoms with Crippen LogP contribution in [0.25, 0.3) is 0 Å². The highest BCUT2D eigenvalue weighted by molar-refractivity contribution is 7.86. The zero-order chi connectivity index (χ0) is 14.7. The Balaban J connectivity index is 2.11. The first-order chi connectivity index (χ1) is 9.50. The van der Waals surface area contributed by atoms with Crippen LogP contribution in [0.4, 0.5) is 0 Å². The molecule has 1 saturated carbocycles. The minimum Gasteiger partial charge on any atom is -0.327 e. The number of nitrogens with two attached hydrogens (primary N) is 1. The van der Waals surface area contributed by atoms with E-state index in [1.807, 2.05) is 0 Å². The van der Waals surface area contributed by atoms with E-state index in [0.29, 0.717) is 11.8 Å². The van der Waals surface area contributed by atoms with Gasteiger partial charge >= 0.3 is 0 Å². The van der Waals surface area contributed by atoms with E-state index in [9.17, 15) is 4.21 Å². The predicted molar refractivity (Wildman–Crippen MR) is 87.2 cm³/mol.